The molecule has 0 aliphatic heterocycles. The highest BCUT2D eigenvalue weighted by atomic mass is 35.5. The molecule has 100 valence electrons. The first-order valence-electron chi connectivity index (χ1n) is 6.13. The predicted molar refractivity (Wildman–Crippen MR) is 73.1 cm³/mol. The van der Waals surface area contributed by atoms with Crippen LogP contribution in [0.5, 0.6) is 11.5 Å². The number of unbranched alkanes of at least 4 members (excludes halogenated alkanes) is 1. The Morgan fingerprint density at radius 3 is 2.78 bits per heavy atom. The van der Waals surface area contributed by atoms with Crippen molar-refractivity contribution in [2.75, 3.05) is 19.6 Å². The fraction of sp³-hybridized carbons (Fsp3) is 0.500. The molecule has 3 nitrogen and oxygen atoms in total. The van der Waals surface area contributed by atoms with Crippen molar-refractivity contribution in [3.8, 4) is 11.5 Å². The number of benzene rings is 1. The van der Waals surface area contributed by atoms with Crippen LogP contribution in [0.25, 0.3) is 0 Å². The average Bonchev–Trinajstić information content (AvgIpc) is 2.39. The quantitative estimate of drug-likeness (QED) is 0.411. The van der Waals surface area contributed by atoms with Crippen LogP contribution in [0.4, 0.5) is 0 Å². The number of hydrogen-bond acceptors (Lipinski definition) is 3. The first-order valence-corrected chi connectivity index (χ1v) is 6.66. The van der Waals surface area contributed by atoms with Crippen molar-refractivity contribution in [2.45, 2.75) is 26.2 Å². The van der Waals surface area contributed by atoms with Crippen LogP contribution in [0.1, 0.15) is 36.5 Å². The lowest BCUT2D eigenvalue weighted by Crippen LogP contribution is -2.04. The number of Topliss-reactive ketones (excluding diaryl/α,β-unsaturated/α-hetero) is 1. The topological polar surface area (TPSA) is 35.5 Å². The highest BCUT2D eigenvalue weighted by Crippen LogP contribution is 2.26. The van der Waals surface area contributed by atoms with Crippen molar-refractivity contribution in [1.29, 1.82) is 0 Å². The van der Waals surface area contributed by atoms with Crippen LogP contribution in [0.2, 0.25) is 0 Å². The number of methoxy groups -OCH3 is 1. The summed E-state index contributed by atoms with van der Waals surface area (Å²) >= 11 is 5.57. The van der Waals surface area contributed by atoms with Crippen molar-refractivity contribution in [3.63, 3.8) is 0 Å². The molecule has 1 rings (SSSR count). The normalized spacial score (nSPS) is 10.2. The summed E-state index contributed by atoms with van der Waals surface area (Å²) in [6, 6.07) is 5.27. The van der Waals surface area contributed by atoms with Gasteiger partial charge in [0.15, 0.2) is 5.78 Å². The maximum Gasteiger partial charge on any atom is 0.167 e. The van der Waals surface area contributed by atoms with Gasteiger partial charge in [-0.3, -0.25) is 4.79 Å². The summed E-state index contributed by atoms with van der Waals surface area (Å²) in [5.74, 6) is 1.57. The second-order valence-electron chi connectivity index (χ2n) is 3.93. The van der Waals surface area contributed by atoms with Gasteiger partial charge in [0.05, 0.1) is 19.3 Å². The Hall–Kier alpha value is -1.22. The van der Waals surface area contributed by atoms with Crippen LogP contribution in [0, 0.1) is 0 Å². The molecule has 4 heteroatoms. The van der Waals surface area contributed by atoms with Crippen LogP contribution in [-0.4, -0.2) is 25.4 Å². The Labute approximate surface area is 113 Å². The second-order valence-corrected chi connectivity index (χ2v) is 4.30. The first-order chi connectivity index (χ1) is 8.72. The highest BCUT2D eigenvalue weighted by molar-refractivity contribution is 6.19. The summed E-state index contributed by atoms with van der Waals surface area (Å²) in [4.78, 5) is 11.8. The third-order valence-electron chi connectivity index (χ3n) is 2.56. The lowest BCUT2D eigenvalue weighted by molar-refractivity contribution is 0.0986. The van der Waals surface area contributed by atoms with Gasteiger partial charge >= 0.3 is 0 Å². The summed E-state index contributed by atoms with van der Waals surface area (Å²) in [5.41, 5.74) is 0.556. The van der Waals surface area contributed by atoms with Gasteiger partial charge in [0.2, 0.25) is 0 Å². The van der Waals surface area contributed by atoms with E-state index in [1.165, 1.54) is 0 Å². The van der Waals surface area contributed by atoms with Crippen LogP contribution in [-0.2, 0) is 0 Å². The summed E-state index contributed by atoms with van der Waals surface area (Å²) in [6.45, 7) is 2.78. The Morgan fingerprint density at radius 1 is 1.39 bits per heavy atom. The molecule has 0 fully saturated rings. The Kier molecular flexibility index (Phi) is 6.58. The number of ketones is 1. The lowest BCUT2D eigenvalue weighted by Gasteiger charge is -2.10. The van der Waals surface area contributed by atoms with Gasteiger partial charge in [-0.25, -0.2) is 0 Å². The molecule has 0 saturated heterocycles. The van der Waals surface area contributed by atoms with E-state index in [0.29, 0.717) is 30.2 Å². The monoisotopic (exact) mass is 270 g/mol. The zero-order chi connectivity index (χ0) is 13.4. The Morgan fingerprint density at radius 2 is 2.17 bits per heavy atom. The number of alkyl halides is 1. The number of ether oxygens (including phenoxy) is 2. The van der Waals surface area contributed by atoms with E-state index < -0.39 is 0 Å². The molecule has 0 atom stereocenters. The van der Waals surface area contributed by atoms with E-state index >= 15 is 0 Å². The van der Waals surface area contributed by atoms with E-state index in [1.807, 2.05) is 0 Å². The molecule has 0 bridgehead atoms. The maximum absolute atomic E-state index is 11.8. The van der Waals surface area contributed by atoms with Gasteiger partial charge in [-0.05, 0) is 18.6 Å². The smallest absolute Gasteiger partial charge is 0.167 e. The molecular weight excluding hydrogens is 252 g/mol. The number of hydrogen-bond donors (Lipinski definition) is 0. The minimum Gasteiger partial charge on any atom is -0.496 e. The van der Waals surface area contributed by atoms with Gasteiger partial charge in [0.1, 0.15) is 11.5 Å². The van der Waals surface area contributed by atoms with E-state index in [0.717, 1.165) is 18.6 Å². The predicted octanol–water partition coefficient (Wildman–Crippen LogP) is 3.69. The summed E-state index contributed by atoms with van der Waals surface area (Å²) < 4.78 is 10.8. The van der Waals surface area contributed by atoms with Crippen LogP contribution >= 0.6 is 11.6 Å². The van der Waals surface area contributed by atoms with Crippen LogP contribution in [0.15, 0.2) is 18.2 Å². The van der Waals surface area contributed by atoms with Gasteiger partial charge in [-0.2, -0.15) is 0 Å². The SMILES string of the molecule is CCCCOc1ccc(C(=O)CCCl)c(OC)c1. The summed E-state index contributed by atoms with van der Waals surface area (Å²) in [7, 11) is 1.54. The van der Waals surface area contributed by atoms with E-state index in [2.05, 4.69) is 6.92 Å². The van der Waals surface area contributed by atoms with Gasteiger partial charge < -0.3 is 9.47 Å². The molecule has 0 unspecified atom stereocenters. The van der Waals surface area contributed by atoms with Gasteiger partial charge in [-0.1, -0.05) is 13.3 Å². The highest BCUT2D eigenvalue weighted by Gasteiger charge is 2.12. The molecule has 0 spiro atoms. The van der Waals surface area contributed by atoms with Gasteiger partial charge in [-0.15, -0.1) is 11.6 Å². The van der Waals surface area contributed by atoms with Gasteiger partial charge in [0.25, 0.3) is 0 Å². The molecule has 1 aromatic rings. The number of halogens is 1. The lowest BCUT2D eigenvalue weighted by atomic mass is 10.1. The minimum atomic E-state index is -0.0121. The molecule has 0 aliphatic rings. The number of carbonyl (C=O) groups excluding carboxylic acids is 1. The molecule has 0 aliphatic carbocycles. The standard InChI is InChI=1S/C14H19ClO3/c1-3-4-9-18-11-5-6-12(13(16)7-8-15)14(10-11)17-2/h5-6,10H,3-4,7-9H2,1-2H3. The zero-order valence-electron chi connectivity index (χ0n) is 10.9. The van der Waals surface area contributed by atoms with Crippen molar-refractivity contribution < 1.29 is 14.3 Å². The molecule has 18 heavy (non-hydrogen) atoms. The molecular formula is C14H19ClO3. The average molecular weight is 271 g/mol. The largest absolute Gasteiger partial charge is 0.496 e. The third kappa shape index (κ3) is 4.22. The molecule has 0 saturated carbocycles. The summed E-state index contributed by atoms with van der Waals surface area (Å²) in [6.07, 6.45) is 2.41. The maximum atomic E-state index is 11.8. The van der Waals surface area contributed by atoms with Crippen molar-refractivity contribution in [1.82, 2.24) is 0 Å². The molecule has 0 amide bonds. The van der Waals surface area contributed by atoms with Crippen LogP contribution in [0.3, 0.4) is 0 Å². The van der Waals surface area contributed by atoms with E-state index in [4.69, 9.17) is 21.1 Å². The summed E-state index contributed by atoms with van der Waals surface area (Å²) in [5, 5.41) is 0. The van der Waals surface area contributed by atoms with Crippen LogP contribution < -0.4 is 9.47 Å². The van der Waals surface area contributed by atoms with Crippen molar-refractivity contribution >= 4 is 17.4 Å². The zero-order valence-corrected chi connectivity index (χ0v) is 11.6. The number of carbonyl (C=O) groups is 1. The van der Waals surface area contributed by atoms with Gasteiger partial charge in [0, 0.05) is 18.4 Å². The fourth-order valence-electron chi connectivity index (χ4n) is 1.55. The van der Waals surface area contributed by atoms with Crippen molar-refractivity contribution in [2.24, 2.45) is 0 Å². The fourth-order valence-corrected chi connectivity index (χ4v) is 1.72. The Bertz CT molecular complexity index is 391. The third-order valence-corrected chi connectivity index (χ3v) is 2.75. The molecule has 1 aromatic carbocycles. The number of rotatable bonds is 8. The van der Waals surface area contributed by atoms with E-state index in [-0.39, 0.29) is 5.78 Å². The molecule has 0 aromatic heterocycles. The van der Waals surface area contributed by atoms with Crippen molar-refractivity contribution in [3.05, 3.63) is 23.8 Å². The second kappa shape index (κ2) is 7.98. The minimum absolute atomic E-state index is 0.0121. The molecule has 0 radical (unpaired) electrons. The van der Waals surface area contributed by atoms with E-state index in [9.17, 15) is 4.79 Å². The molecule has 0 N–H and O–H groups in total. The van der Waals surface area contributed by atoms with E-state index in [1.54, 1.807) is 25.3 Å². The molecule has 0 heterocycles. The first kappa shape index (κ1) is 14.8. The Balaban J connectivity index is 2.79.